The maximum Gasteiger partial charge on any atom is 0.0732 e. The summed E-state index contributed by atoms with van der Waals surface area (Å²) < 4.78 is 6.20. The van der Waals surface area contributed by atoms with E-state index in [0.29, 0.717) is 12.1 Å². The fourth-order valence-electron chi connectivity index (χ4n) is 2.81. The molecular formula is C17H27NO. The molecular weight excluding hydrogens is 234 g/mol. The average Bonchev–Trinajstić information content (AvgIpc) is 2.69. The zero-order valence-corrected chi connectivity index (χ0v) is 12.1. The lowest BCUT2D eigenvalue weighted by Gasteiger charge is -2.26. The summed E-state index contributed by atoms with van der Waals surface area (Å²) >= 11 is 0. The third-order valence-corrected chi connectivity index (χ3v) is 3.92. The van der Waals surface area contributed by atoms with E-state index < -0.39 is 0 Å². The zero-order valence-electron chi connectivity index (χ0n) is 12.1. The van der Waals surface area contributed by atoms with Crippen molar-refractivity contribution in [1.82, 2.24) is 5.32 Å². The van der Waals surface area contributed by atoms with Crippen LogP contribution >= 0.6 is 0 Å². The Morgan fingerprint density at radius 3 is 2.68 bits per heavy atom. The van der Waals surface area contributed by atoms with E-state index >= 15 is 0 Å². The lowest BCUT2D eigenvalue weighted by atomic mass is 10.1. The van der Waals surface area contributed by atoms with Gasteiger partial charge in [0.2, 0.25) is 0 Å². The molecule has 2 nitrogen and oxygen atoms in total. The minimum Gasteiger partial charge on any atom is -0.372 e. The Bertz CT molecular complexity index is 338. The highest BCUT2D eigenvalue weighted by Gasteiger charge is 2.23. The molecule has 1 aliphatic rings. The first-order valence-electron chi connectivity index (χ1n) is 7.79. The summed E-state index contributed by atoms with van der Waals surface area (Å²) in [4.78, 5) is 0. The van der Waals surface area contributed by atoms with Crippen LogP contribution in [-0.2, 0) is 11.3 Å². The summed E-state index contributed by atoms with van der Waals surface area (Å²) in [5.41, 5.74) is 1.28. The van der Waals surface area contributed by atoms with Crippen LogP contribution in [0.25, 0.3) is 0 Å². The van der Waals surface area contributed by atoms with Crippen molar-refractivity contribution in [2.45, 2.75) is 64.2 Å². The molecule has 2 unspecified atom stereocenters. The first-order valence-corrected chi connectivity index (χ1v) is 7.79. The van der Waals surface area contributed by atoms with Gasteiger partial charge in [0.15, 0.2) is 0 Å². The molecule has 0 spiro atoms. The molecule has 1 aliphatic carbocycles. The van der Waals surface area contributed by atoms with Gasteiger partial charge in [-0.25, -0.2) is 0 Å². The molecule has 1 aromatic rings. The van der Waals surface area contributed by atoms with Gasteiger partial charge in [-0.15, -0.1) is 0 Å². The number of rotatable bonds is 6. The van der Waals surface area contributed by atoms with E-state index in [1.807, 2.05) is 0 Å². The van der Waals surface area contributed by atoms with Gasteiger partial charge in [-0.3, -0.25) is 0 Å². The first kappa shape index (κ1) is 14.5. The van der Waals surface area contributed by atoms with Gasteiger partial charge in [-0.1, -0.05) is 56.5 Å². The fourth-order valence-corrected chi connectivity index (χ4v) is 2.81. The topological polar surface area (TPSA) is 21.3 Å². The van der Waals surface area contributed by atoms with E-state index in [0.717, 1.165) is 13.2 Å². The molecule has 1 fully saturated rings. The second kappa shape index (κ2) is 8.34. The van der Waals surface area contributed by atoms with Gasteiger partial charge in [0.1, 0.15) is 0 Å². The van der Waals surface area contributed by atoms with Crippen molar-refractivity contribution in [3.8, 4) is 0 Å². The van der Waals surface area contributed by atoms with Crippen molar-refractivity contribution in [2.75, 3.05) is 6.54 Å². The first-order chi connectivity index (χ1) is 9.40. The smallest absolute Gasteiger partial charge is 0.0732 e. The Balaban J connectivity index is 1.86. The molecule has 2 rings (SSSR count). The molecule has 0 heterocycles. The molecule has 0 aromatic heterocycles. The quantitative estimate of drug-likeness (QED) is 0.784. The van der Waals surface area contributed by atoms with Crippen LogP contribution in [0.2, 0.25) is 0 Å². The second-order valence-corrected chi connectivity index (χ2v) is 5.53. The van der Waals surface area contributed by atoms with Crippen molar-refractivity contribution in [3.63, 3.8) is 0 Å². The summed E-state index contributed by atoms with van der Waals surface area (Å²) in [5, 5.41) is 3.67. The van der Waals surface area contributed by atoms with Gasteiger partial charge >= 0.3 is 0 Å². The Hall–Kier alpha value is -0.860. The van der Waals surface area contributed by atoms with Gasteiger partial charge in [0, 0.05) is 6.04 Å². The molecule has 19 heavy (non-hydrogen) atoms. The summed E-state index contributed by atoms with van der Waals surface area (Å²) in [6.45, 7) is 4.08. The van der Waals surface area contributed by atoms with Crippen LogP contribution in [0.15, 0.2) is 30.3 Å². The molecule has 0 bridgehead atoms. The van der Waals surface area contributed by atoms with E-state index in [-0.39, 0.29) is 0 Å². The van der Waals surface area contributed by atoms with Crippen LogP contribution in [-0.4, -0.2) is 18.7 Å². The molecule has 2 atom stereocenters. The third-order valence-electron chi connectivity index (χ3n) is 3.92. The standard InChI is InChI=1S/C17H27NO/c1-2-13-18-16-11-7-4-8-12-17(16)19-14-15-9-5-3-6-10-15/h3,5-6,9-10,16-18H,2,4,7-8,11-14H2,1H3. The Labute approximate surface area is 117 Å². The van der Waals surface area contributed by atoms with Crippen molar-refractivity contribution < 1.29 is 4.74 Å². The van der Waals surface area contributed by atoms with Gasteiger partial charge < -0.3 is 10.1 Å². The monoisotopic (exact) mass is 261 g/mol. The normalized spacial score (nSPS) is 24.1. The van der Waals surface area contributed by atoms with Gasteiger partial charge in [-0.2, -0.15) is 0 Å². The lowest BCUT2D eigenvalue weighted by Crippen LogP contribution is -2.41. The van der Waals surface area contributed by atoms with Crippen molar-refractivity contribution >= 4 is 0 Å². The Morgan fingerprint density at radius 2 is 1.89 bits per heavy atom. The second-order valence-electron chi connectivity index (χ2n) is 5.53. The number of nitrogens with one attached hydrogen (secondary N) is 1. The van der Waals surface area contributed by atoms with Crippen LogP contribution in [0.5, 0.6) is 0 Å². The number of ether oxygens (including phenoxy) is 1. The summed E-state index contributed by atoms with van der Waals surface area (Å²) in [5.74, 6) is 0. The van der Waals surface area contributed by atoms with Gasteiger partial charge in [0.05, 0.1) is 12.7 Å². The number of hydrogen-bond donors (Lipinski definition) is 1. The minimum absolute atomic E-state index is 0.384. The number of benzene rings is 1. The minimum atomic E-state index is 0.384. The Morgan fingerprint density at radius 1 is 1.11 bits per heavy atom. The molecule has 106 valence electrons. The molecule has 0 aliphatic heterocycles. The zero-order chi connectivity index (χ0) is 13.3. The van der Waals surface area contributed by atoms with Crippen LogP contribution < -0.4 is 5.32 Å². The SMILES string of the molecule is CCCNC1CCCCCC1OCc1ccccc1. The van der Waals surface area contributed by atoms with E-state index in [2.05, 4.69) is 42.6 Å². The molecule has 1 aromatic carbocycles. The van der Waals surface area contributed by atoms with E-state index in [9.17, 15) is 0 Å². The maximum absolute atomic E-state index is 6.20. The third kappa shape index (κ3) is 4.96. The van der Waals surface area contributed by atoms with Crippen LogP contribution in [0.1, 0.15) is 51.0 Å². The highest BCUT2D eigenvalue weighted by atomic mass is 16.5. The lowest BCUT2D eigenvalue weighted by molar-refractivity contribution is 0.0107. The largest absolute Gasteiger partial charge is 0.372 e. The van der Waals surface area contributed by atoms with E-state index in [4.69, 9.17) is 4.74 Å². The van der Waals surface area contributed by atoms with Crippen molar-refractivity contribution in [3.05, 3.63) is 35.9 Å². The van der Waals surface area contributed by atoms with Gasteiger partial charge in [0.25, 0.3) is 0 Å². The van der Waals surface area contributed by atoms with Crippen LogP contribution in [0.4, 0.5) is 0 Å². The van der Waals surface area contributed by atoms with Crippen LogP contribution in [0, 0.1) is 0 Å². The summed E-state index contributed by atoms with van der Waals surface area (Å²) in [6.07, 6.45) is 8.05. The fraction of sp³-hybridized carbons (Fsp3) is 0.647. The Kier molecular flexibility index (Phi) is 6.38. The van der Waals surface area contributed by atoms with Crippen molar-refractivity contribution in [2.24, 2.45) is 0 Å². The molecule has 1 N–H and O–H groups in total. The maximum atomic E-state index is 6.20. The molecule has 1 saturated carbocycles. The average molecular weight is 261 g/mol. The van der Waals surface area contributed by atoms with Gasteiger partial charge in [-0.05, 0) is 31.4 Å². The molecule has 0 radical (unpaired) electrons. The predicted molar refractivity (Wildman–Crippen MR) is 80.2 cm³/mol. The summed E-state index contributed by atoms with van der Waals surface area (Å²) in [6, 6.07) is 11.1. The number of hydrogen-bond acceptors (Lipinski definition) is 2. The van der Waals surface area contributed by atoms with Crippen molar-refractivity contribution in [1.29, 1.82) is 0 Å². The van der Waals surface area contributed by atoms with E-state index in [1.54, 1.807) is 0 Å². The molecule has 2 heteroatoms. The predicted octanol–water partition coefficient (Wildman–Crippen LogP) is 3.90. The van der Waals surface area contributed by atoms with Crippen LogP contribution in [0.3, 0.4) is 0 Å². The van der Waals surface area contributed by atoms with E-state index in [1.165, 1.54) is 44.1 Å². The summed E-state index contributed by atoms with van der Waals surface area (Å²) in [7, 11) is 0. The molecule has 0 saturated heterocycles. The molecule has 0 amide bonds. The highest BCUT2D eigenvalue weighted by molar-refractivity contribution is 5.13. The highest BCUT2D eigenvalue weighted by Crippen LogP contribution is 2.21.